The van der Waals surface area contributed by atoms with Crippen LogP contribution in [0, 0.1) is 5.92 Å². The van der Waals surface area contributed by atoms with Gasteiger partial charge in [-0.3, -0.25) is 0 Å². The van der Waals surface area contributed by atoms with Gasteiger partial charge in [0.25, 0.3) is 0 Å². The Labute approximate surface area is 90.5 Å². The topological polar surface area (TPSA) is 20.2 Å². The van der Waals surface area contributed by atoms with Crippen molar-refractivity contribution in [3.63, 3.8) is 0 Å². The van der Waals surface area contributed by atoms with Gasteiger partial charge in [-0.25, -0.2) is 0 Å². The fraction of sp³-hybridized carbons (Fsp3) is 0.500. The lowest BCUT2D eigenvalue weighted by Gasteiger charge is -2.16. The summed E-state index contributed by atoms with van der Waals surface area (Å²) in [4.78, 5) is 0. The third kappa shape index (κ3) is 3.72. The van der Waals surface area contributed by atoms with Crippen LogP contribution in [0.5, 0.6) is 0 Å². The lowest BCUT2D eigenvalue weighted by Crippen LogP contribution is -2.14. The van der Waals surface area contributed by atoms with E-state index in [1.54, 1.807) is 0 Å². The van der Waals surface area contributed by atoms with Crippen molar-refractivity contribution in [3.05, 3.63) is 35.9 Å². The van der Waals surface area contributed by atoms with E-state index in [2.05, 4.69) is 38.1 Å². The van der Waals surface area contributed by atoms with E-state index in [9.17, 15) is 0 Å². The predicted octanol–water partition coefficient (Wildman–Crippen LogP) is 2.94. The molecule has 1 rings (SSSR count). The van der Waals surface area contributed by atoms with Crippen LogP contribution in [0.15, 0.2) is 30.3 Å². The minimum absolute atomic E-state index is 0.281. The first-order chi connectivity index (χ1) is 6.74. The molecule has 0 amide bonds. The number of benzene rings is 1. The molecule has 78 valence electrons. The number of rotatable bonds is 5. The standard InChI is InChI=1S/C12H18OS/c1-10(8-13)11(2)14-9-12-6-4-3-5-7-12/h3-7,10-11,13H,8-9H2,1-2H3/t10-,11?/m0/s1. The van der Waals surface area contributed by atoms with Crippen molar-refractivity contribution in [3.8, 4) is 0 Å². The zero-order valence-electron chi connectivity index (χ0n) is 8.81. The van der Waals surface area contributed by atoms with E-state index >= 15 is 0 Å². The normalized spacial score (nSPS) is 15.1. The van der Waals surface area contributed by atoms with Crippen molar-refractivity contribution in [2.75, 3.05) is 6.61 Å². The summed E-state index contributed by atoms with van der Waals surface area (Å²) in [5, 5.41) is 9.50. The smallest absolute Gasteiger partial charge is 0.0467 e. The highest BCUT2D eigenvalue weighted by molar-refractivity contribution is 7.99. The molecule has 1 N–H and O–H groups in total. The van der Waals surface area contributed by atoms with Crippen LogP contribution in [0.1, 0.15) is 19.4 Å². The van der Waals surface area contributed by atoms with Crippen molar-refractivity contribution in [2.24, 2.45) is 5.92 Å². The van der Waals surface area contributed by atoms with Crippen molar-refractivity contribution < 1.29 is 5.11 Å². The van der Waals surface area contributed by atoms with Crippen molar-refractivity contribution in [1.82, 2.24) is 0 Å². The van der Waals surface area contributed by atoms with Crippen LogP contribution in [-0.4, -0.2) is 17.0 Å². The van der Waals surface area contributed by atoms with E-state index in [-0.39, 0.29) is 6.61 Å². The Morgan fingerprint density at radius 1 is 1.21 bits per heavy atom. The molecule has 2 atom stereocenters. The van der Waals surface area contributed by atoms with Crippen LogP contribution in [0.2, 0.25) is 0 Å². The molecule has 0 spiro atoms. The first-order valence-electron chi connectivity index (χ1n) is 5.00. The second-order valence-corrected chi connectivity index (χ2v) is 5.03. The van der Waals surface area contributed by atoms with Gasteiger partial charge in [0.1, 0.15) is 0 Å². The maximum atomic E-state index is 8.99. The fourth-order valence-corrected chi connectivity index (χ4v) is 2.18. The van der Waals surface area contributed by atoms with Gasteiger partial charge < -0.3 is 5.11 Å². The molecular weight excluding hydrogens is 192 g/mol. The molecular formula is C12H18OS. The van der Waals surface area contributed by atoms with Crippen LogP contribution in [0.25, 0.3) is 0 Å². The Bertz CT molecular complexity index is 248. The zero-order chi connectivity index (χ0) is 10.4. The third-order valence-corrected chi connectivity index (χ3v) is 3.94. The summed E-state index contributed by atoms with van der Waals surface area (Å²) in [6.45, 7) is 4.54. The first kappa shape index (κ1) is 11.6. The Morgan fingerprint density at radius 3 is 2.43 bits per heavy atom. The van der Waals surface area contributed by atoms with E-state index in [4.69, 9.17) is 5.11 Å². The van der Waals surface area contributed by atoms with E-state index in [1.807, 2.05) is 17.8 Å². The quantitative estimate of drug-likeness (QED) is 0.806. The molecule has 0 saturated carbocycles. The average molecular weight is 210 g/mol. The van der Waals surface area contributed by atoms with E-state index in [1.165, 1.54) is 5.56 Å². The molecule has 0 fully saturated rings. The molecule has 14 heavy (non-hydrogen) atoms. The fourth-order valence-electron chi connectivity index (χ4n) is 1.11. The molecule has 0 aliphatic rings. The second-order valence-electron chi connectivity index (χ2n) is 3.66. The SMILES string of the molecule is CC(SCc1ccccc1)[C@@H](C)CO. The highest BCUT2D eigenvalue weighted by Crippen LogP contribution is 2.22. The molecule has 0 heterocycles. The summed E-state index contributed by atoms with van der Waals surface area (Å²) < 4.78 is 0. The maximum absolute atomic E-state index is 8.99. The number of aliphatic hydroxyl groups excluding tert-OH is 1. The predicted molar refractivity (Wildman–Crippen MR) is 63.4 cm³/mol. The lowest BCUT2D eigenvalue weighted by molar-refractivity contribution is 0.237. The molecule has 0 aliphatic heterocycles. The Kier molecular flexibility index (Phi) is 5.05. The molecule has 1 nitrogen and oxygen atoms in total. The molecule has 1 aromatic rings. The summed E-state index contributed by atoms with van der Waals surface area (Å²) >= 11 is 1.90. The van der Waals surface area contributed by atoms with Crippen LogP contribution >= 0.6 is 11.8 Å². The van der Waals surface area contributed by atoms with Gasteiger partial charge in [0.2, 0.25) is 0 Å². The van der Waals surface area contributed by atoms with E-state index in [0.29, 0.717) is 11.2 Å². The van der Waals surface area contributed by atoms with Crippen molar-refractivity contribution in [1.29, 1.82) is 0 Å². The Balaban J connectivity index is 2.34. The van der Waals surface area contributed by atoms with Crippen LogP contribution in [0.4, 0.5) is 0 Å². The molecule has 1 aromatic carbocycles. The molecule has 0 radical (unpaired) electrons. The third-order valence-electron chi connectivity index (χ3n) is 2.45. The molecule has 0 saturated heterocycles. The Morgan fingerprint density at radius 2 is 1.86 bits per heavy atom. The van der Waals surface area contributed by atoms with Crippen LogP contribution in [0.3, 0.4) is 0 Å². The largest absolute Gasteiger partial charge is 0.396 e. The van der Waals surface area contributed by atoms with Gasteiger partial charge in [-0.2, -0.15) is 11.8 Å². The van der Waals surface area contributed by atoms with Crippen LogP contribution in [-0.2, 0) is 5.75 Å². The maximum Gasteiger partial charge on any atom is 0.0467 e. The second kappa shape index (κ2) is 6.10. The number of aliphatic hydroxyl groups is 1. The van der Waals surface area contributed by atoms with Gasteiger partial charge in [-0.1, -0.05) is 44.2 Å². The first-order valence-corrected chi connectivity index (χ1v) is 6.05. The summed E-state index contributed by atoms with van der Waals surface area (Å²) in [5.41, 5.74) is 1.36. The average Bonchev–Trinajstić information content (AvgIpc) is 2.26. The summed E-state index contributed by atoms with van der Waals surface area (Å²) in [5.74, 6) is 1.41. The van der Waals surface area contributed by atoms with E-state index < -0.39 is 0 Å². The van der Waals surface area contributed by atoms with Gasteiger partial charge >= 0.3 is 0 Å². The molecule has 0 aromatic heterocycles. The summed E-state index contributed by atoms with van der Waals surface area (Å²) in [7, 11) is 0. The Hall–Kier alpha value is -0.470. The highest BCUT2D eigenvalue weighted by atomic mass is 32.2. The highest BCUT2D eigenvalue weighted by Gasteiger charge is 2.10. The summed E-state index contributed by atoms with van der Waals surface area (Å²) in [6, 6.07) is 10.5. The van der Waals surface area contributed by atoms with Gasteiger partial charge in [-0.15, -0.1) is 0 Å². The lowest BCUT2D eigenvalue weighted by atomic mass is 10.1. The summed E-state index contributed by atoms with van der Waals surface area (Å²) in [6.07, 6.45) is 0. The van der Waals surface area contributed by atoms with Crippen molar-refractivity contribution >= 4 is 11.8 Å². The molecule has 1 unspecified atom stereocenters. The minimum Gasteiger partial charge on any atom is -0.396 e. The molecule has 2 heteroatoms. The number of thioether (sulfide) groups is 1. The van der Waals surface area contributed by atoms with Crippen molar-refractivity contribution in [2.45, 2.75) is 24.9 Å². The van der Waals surface area contributed by atoms with Gasteiger partial charge in [0.15, 0.2) is 0 Å². The zero-order valence-corrected chi connectivity index (χ0v) is 9.63. The van der Waals surface area contributed by atoms with Gasteiger partial charge in [0.05, 0.1) is 0 Å². The number of hydrogen-bond donors (Lipinski definition) is 1. The molecule has 0 bridgehead atoms. The van der Waals surface area contributed by atoms with Crippen LogP contribution < -0.4 is 0 Å². The van der Waals surface area contributed by atoms with E-state index in [0.717, 1.165) is 5.75 Å². The van der Waals surface area contributed by atoms with Gasteiger partial charge in [0, 0.05) is 17.6 Å². The monoisotopic (exact) mass is 210 g/mol. The molecule has 0 aliphatic carbocycles. The van der Waals surface area contributed by atoms with Gasteiger partial charge in [-0.05, 0) is 11.5 Å². The minimum atomic E-state index is 0.281. The number of hydrogen-bond acceptors (Lipinski definition) is 2.